The predicted molar refractivity (Wildman–Crippen MR) is 342 cm³/mol. The average Bonchev–Trinajstić information content (AvgIpc) is 3.61. The fraction of sp³-hybridized carbons (Fsp3) is 0.929. The normalized spacial score (nSPS) is 23.7. The molecule has 9 N–H and O–H groups in total. The van der Waals surface area contributed by atoms with Crippen molar-refractivity contribution in [1.82, 2.24) is 5.32 Å². The Morgan fingerprint density at radius 2 is 0.762 bits per heavy atom. The van der Waals surface area contributed by atoms with Gasteiger partial charge in [-0.3, -0.25) is 4.79 Å². The maximum atomic E-state index is 13.3. The molecule has 0 bridgehead atoms. The first-order valence-electron chi connectivity index (χ1n) is 35.6. The van der Waals surface area contributed by atoms with Crippen LogP contribution in [0.5, 0.6) is 0 Å². The zero-order valence-electron chi connectivity index (χ0n) is 53.9. The van der Waals surface area contributed by atoms with Crippen LogP contribution in [-0.2, 0) is 23.7 Å². The van der Waals surface area contributed by atoms with Crippen LogP contribution in [0.4, 0.5) is 0 Å². The molecule has 2 aliphatic rings. The summed E-state index contributed by atoms with van der Waals surface area (Å²) in [6.45, 7) is 2.83. The van der Waals surface area contributed by atoms with Crippen molar-refractivity contribution in [3.05, 3.63) is 24.3 Å². The van der Waals surface area contributed by atoms with Crippen molar-refractivity contribution in [2.45, 2.75) is 396 Å². The molecule has 12 atom stereocenters. The number of nitrogens with one attached hydrogen (secondary N) is 1. The maximum absolute atomic E-state index is 13.3. The van der Waals surface area contributed by atoms with Crippen molar-refractivity contribution < 1.29 is 64.6 Å². The lowest BCUT2D eigenvalue weighted by Crippen LogP contribution is -2.65. The van der Waals surface area contributed by atoms with Crippen LogP contribution in [0.1, 0.15) is 322 Å². The van der Waals surface area contributed by atoms with Crippen LogP contribution in [-0.4, -0.2) is 140 Å². The Balaban J connectivity index is 1.65. The Morgan fingerprint density at radius 1 is 0.417 bits per heavy atom. The summed E-state index contributed by atoms with van der Waals surface area (Å²) in [5.41, 5.74) is 0. The molecule has 12 unspecified atom stereocenters. The van der Waals surface area contributed by atoms with Gasteiger partial charge in [-0.05, 0) is 32.1 Å². The minimum atomic E-state index is -1.79. The van der Waals surface area contributed by atoms with Gasteiger partial charge in [0.25, 0.3) is 0 Å². The molecule has 2 fully saturated rings. The van der Waals surface area contributed by atoms with Crippen LogP contribution in [0.3, 0.4) is 0 Å². The summed E-state index contributed by atoms with van der Waals surface area (Å²) in [7, 11) is 0. The van der Waals surface area contributed by atoms with Crippen LogP contribution >= 0.6 is 0 Å². The van der Waals surface area contributed by atoms with E-state index in [1.807, 2.05) is 6.08 Å². The number of amides is 1. The molecule has 0 saturated carbocycles. The number of rotatable bonds is 59. The van der Waals surface area contributed by atoms with E-state index >= 15 is 0 Å². The first kappa shape index (κ1) is 78.6. The van der Waals surface area contributed by atoms with Crippen molar-refractivity contribution in [3.8, 4) is 0 Å². The van der Waals surface area contributed by atoms with Crippen molar-refractivity contribution in [3.63, 3.8) is 0 Å². The van der Waals surface area contributed by atoms with E-state index in [4.69, 9.17) is 18.9 Å². The molecule has 0 radical (unpaired) electrons. The van der Waals surface area contributed by atoms with E-state index in [1.54, 1.807) is 6.08 Å². The number of hydrogen-bond donors (Lipinski definition) is 9. The number of unbranched alkanes of at least 4 members (excludes halogenated alkanes) is 44. The smallest absolute Gasteiger partial charge is 0.220 e. The zero-order valence-corrected chi connectivity index (χ0v) is 53.9. The van der Waals surface area contributed by atoms with Crippen LogP contribution in [0.2, 0.25) is 0 Å². The second kappa shape index (κ2) is 55.5. The average molecular weight is 1200 g/mol. The second-order valence-electron chi connectivity index (χ2n) is 25.4. The molecule has 496 valence electrons. The molecule has 1 amide bonds. The van der Waals surface area contributed by atoms with E-state index < -0.39 is 86.8 Å². The van der Waals surface area contributed by atoms with E-state index in [-0.39, 0.29) is 18.9 Å². The van der Waals surface area contributed by atoms with Crippen molar-refractivity contribution >= 4 is 5.91 Å². The Labute approximate surface area is 513 Å². The minimum Gasteiger partial charge on any atom is -0.394 e. The second-order valence-corrected chi connectivity index (χ2v) is 25.4. The van der Waals surface area contributed by atoms with Crippen LogP contribution in [0.25, 0.3) is 0 Å². The molecular weight excluding hydrogens is 1060 g/mol. The first-order valence-corrected chi connectivity index (χ1v) is 35.6. The first-order chi connectivity index (χ1) is 41.1. The maximum Gasteiger partial charge on any atom is 0.220 e. The van der Waals surface area contributed by atoms with Crippen molar-refractivity contribution in [1.29, 1.82) is 0 Å². The zero-order chi connectivity index (χ0) is 60.9. The highest BCUT2D eigenvalue weighted by atomic mass is 16.7. The quantitative estimate of drug-likeness (QED) is 0.0204. The van der Waals surface area contributed by atoms with E-state index in [0.29, 0.717) is 12.8 Å². The fourth-order valence-electron chi connectivity index (χ4n) is 12.0. The van der Waals surface area contributed by atoms with Gasteiger partial charge in [-0.1, -0.05) is 308 Å². The molecule has 0 spiro atoms. The summed E-state index contributed by atoms with van der Waals surface area (Å²) >= 11 is 0. The molecule has 0 aromatic carbocycles. The third-order valence-electron chi connectivity index (χ3n) is 17.6. The largest absolute Gasteiger partial charge is 0.394 e. The number of allylic oxidation sites excluding steroid dienone is 3. The molecular formula is C70H133NO13. The summed E-state index contributed by atoms with van der Waals surface area (Å²) in [6, 6.07) is -0.929. The van der Waals surface area contributed by atoms with Gasteiger partial charge >= 0.3 is 0 Å². The topological polar surface area (TPSA) is 228 Å². The monoisotopic (exact) mass is 1200 g/mol. The van der Waals surface area contributed by atoms with Crippen molar-refractivity contribution in [2.24, 2.45) is 0 Å². The van der Waals surface area contributed by atoms with Crippen molar-refractivity contribution in [2.75, 3.05) is 19.8 Å². The SMILES string of the molecule is CCCCCCCCCCCCCCCCCCCCCCCCCCCCC/C=C/CC/C=C/C(O)C(COC1OC(CO)C(OC2OC(CO)C(O)C(O)C2O)C(O)C1O)NC(=O)CCCCCCCCCCCCCCCCCCC. The van der Waals surface area contributed by atoms with E-state index in [9.17, 15) is 45.6 Å². The molecule has 0 aromatic rings. The molecule has 84 heavy (non-hydrogen) atoms. The lowest BCUT2D eigenvalue weighted by molar-refractivity contribution is -0.359. The van der Waals surface area contributed by atoms with E-state index in [0.717, 1.165) is 32.1 Å². The number of hydrogen-bond acceptors (Lipinski definition) is 13. The van der Waals surface area contributed by atoms with Gasteiger partial charge in [0.2, 0.25) is 5.91 Å². The molecule has 2 saturated heterocycles. The molecule has 14 nitrogen and oxygen atoms in total. The Kier molecular flexibility index (Phi) is 51.9. The highest BCUT2D eigenvalue weighted by Crippen LogP contribution is 2.30. The number of aliphatic hydroxyl groups is 8. The number of ether oxygens (including phenoxy) is 4. The van der Waals surface area contributed by atoms with Gasteiger partial charge in [0.05, 0.1) is 32.0 Å². The molecule has 2 aliphatic heterocycles. The van der Waals surface area contributed by atoms with Crippen LogP contribution in [0, 0.1) is 0 Å². The van der Waals surface area contributed by atoms with Gasteiger partial charge in [0.1, 0.15) is 48.8 Å². The molecule has 2 rings (SSSR count). The highest BCUT2D eigenvalue weighted by molar-refractivity contribution is 5.76. The van der Waals surface area contributed by atoms with E-state index in [2.05, 4.69) is 31.3 Å². The molecule has 2 heterocycles. The predicted octanol–water partition coefficient (Wildman–Crippen LogP) is 14.3. The Bertz CT molecular complexity index is 1500. The molecule has 0 aromatic heterocycles. The summed E-state index contributed by atoms with van der Waals surface area (Å²) < 4.78 is 22.8. The number of carbonyl (C=O) groups is 1. The van der Waals surface area contributed by atoms with Gasteiger partial charge in [-0.2, -0.15) is 0 Å². The lowest BCUT2D eigenvalue weighted by Gasteiger charge is -2.46. The Morgan fingerprint density at radius 3 is 1.17 bits per heavy atom. The van der Waals surface area contributed by atoms with Gasteiger partial charge in [0, 0.05) is 6.42 Å². The van der Waals surface area contributed by atoms with Crippen LogP contribution in [0.15, 0.2) is 24.3 Å². The third kappa shape index (κ3) is 39.5. The number of carbonyl (C=O) groups excluding carboxylic acids is 1. The van der Waals surface area contributed by atoms with Gasteiger partial charge < -0.3 is 65.1 Å². The van der Waals surface area contributed by atoms with Gasteiger partial charge in [0.15, 0.2) is 12.6 Å². The summed E-state index contributed by atoms with van der Waals surface area (Å²) in [5, 5.41) is 87.3. The van der Waals surface area contributed by atoms with E-state index in [1.165, 1.54) is 257 Å². The fourth-order valence-corrected chi connectivity index (χ4v) is 12.0. The van der Waals surface area contributed by atoms with Crippen LogP contribution < -0.4 is 5.32 Å². The standard InChI is InChI=1S/C70H133NO13/c1-3-5-7-9-11-13-15-17-19-21-22-23-24-25-26-27-28-29-30-31-32-33-34-35-36-38-39-41-43-45-47-49-51-53-59(74)58(71-62(75)54-52-50-48-46-44-42-40-37-20-18-16-14-12-10-8-6-4-2)57-81-69-67(80)65(78)68(61(56-73)83-69)84-70-66(79)64(77)63(76)60(55-72)82-70/h43,45,51,53,58-61,63-70,72-74,76-80H,3-42,44,46-50,52,54-57H2,1-2H3,(H,71,75)/b45-43+,53-51+. The molecule has 0 aliphatic carbocycles. The lowest BCUT2D eigenvalue weighted by atomic mass is 9.97. The van der Waals surface area contributed by atoms with Gasteiger partial charge in [-0.25, -0.2) is 0 Å². The summed E-state index contributed by atoms with van der Waals surface area (Å²) in [4.78, 5) is 13.3. The summed E-state index contributed by atoms with van der Waals surface area (Å²) in [6.07, 6.45) is 52.6. The molecule has 14 heteroatoms. The summed E-state index contributed by atoms with van der Waals surface area (Å²) in [5.74, 6) is -0.243. The highest BCUT2D eigenvalue weighted by Gasteiger charge is 2.51. The van der Waals surface area contributed by atoms with Gasteiger partial charge in [-0.15, -0.1) is 0 Å². The Hall–Kier alpha value is -1.53. The third-order valence-corrected chi connectivity index (χ3v) is 17.6. The number of aliphatic hydroxyl groups excluding tert-OH is 8. The minimum absolute atomic E-state index is 0.243.